The van der Waals surface area contributed by atoms with Crippen LogP contribution in [0.2, 0.25) is 0 Å². The van der Waals surface area contributed by atoms with Crippen LogP contribution in [0.5, 0.6) is 0 Å². The summed E-state index contributed by atoms with van der Waals surface area (Å²) < 4.78 is 45.4. The summed E-state index contributed by atoms with van der Waals surface area (Å²) in [5.74, 6) is -0.738. The van der Waals surface area contributed by atoms with Gasteiger partial charge in [0.1, 0.15) is 12.4 Å². The van der Waals surface area contributed by atoms with E-state index in [9.17, 15) is 18.0 Å². The minimum atomic E-state index is -4.66. The van der Waals surface area contributed by atoms with E-state index in [4.69, 9.17) is 4.74 Å². The minimum absolute atomic E-state index is 0.208. The zero-order valence-electron chi connectivity index (χ0n) is 12.2. The van der Waals surface area contributed by atoms with Gasteiger partial charge in [0.2, 0.25) is 0 Å². The van der Waals surface area contributed by atoms with Crippen LogP contribution < -0.4 is 5.32 Å². The number of anilines is 1. The summed E-state index contributed by atoms with van der Waals surface area (Å²) in [6.07, 6.45) is -1.79. The van der Waals surface area contributed by atoms with E-state index in [1.807, 2.05) is 6.92 Å². The Hall–Kier alpha value is -1.88. The van der Waals surface area contributed by atoms with Crippen LogP contribution in [-0.4, -0.2) is 32.1 Å². The highest BCUT2D eigenvalue weighted by Crippen LogP contribution is 2.35. The molecule has 0 radical (unpaired) electrons. The molecule has 2 rings (SSSR count). The molecule has 126 valence electrons. The van der Waals surface area contributed by atoms with Gasteiger partial charge in [0.25, 0.3) is 5.91 Å². The Morgan fingerprint density at radius 1 is 1.48 bits per heavy atom. The Morgan fingerprint density at radius 3 is 2.74 bits per heavy atom. The van der Waals surface area contributed by atoms with E-state index < -0.39 is 22.3 Å². The van der Waals surface area contributed by atoms with Gasteiger partial charge in [-0.05, 0) is 22.9 Å². The lowest BCUT2D eigenvalue weighted by Gasteiger charge is -2.04. The van der Waals surface area contributed by atoms with Crippen LogP contribution in [0.15, 0.2) is 16.9 Å². The van der Waals surface area contributed by atoms with E-state index in [2.05, 4.69) is 31.4 Å². The van der Waals surface area contributed by atoms with Gasteiger partial charge in [-0.15, -0.1) is 0 Å². The van der Waals surface area contributed by atoms with Gasteiger partial charge in [-0.1, -0.05) is 0 Å². The lowest BCUT2D eigenvalue weighted by molar-refractivity contribution is -0.142. The third kappa shape index (κ3) is 3.91. The van der Waals surface area contributed by atoms with Crippen molar-refractivity contribution >= 4 is 27.5 Å². The monoisotopic (exact) mass is 395 g/mol. The molecule has 1 amide bonds. The van der Waals surface area contributed by atoms with Gasteiger partial charge in [0.05, 0.1) is 22.6 Å². The predicted octanol–water partition coefficient (Wildman–Crippen LogP) is 2.64. The van der Waals surface area contributed by atoms with Gasteiger partial charge in [0.15, 0.2) is 5.69 Å². The Morgan fingerprint density at radius 2 is 2.17 bits per heavy atom. The van der Waals surface area contributed by atoms with Crippen LogP contribution in [0, 0.1) is 0 Å². The Balaban J connectivity index is 2.18. The molecular formula is C12H13BrF3N5O2. The molecule has 0 saturated carbocycles. The lowest BCUT2D eigenvalue weighted by Crippen LogP contribution is -2.16. The lowest BCUT2D eigenvalue weighted by atomic mass is 10.3. The highest BCUT2D eigenvalue weighted by atomic mass is 79.9. The highest BCUT2D eigenvalue weighted by Gasteiger charge is 2.39. The van der Waals surface area contributed by atoms with Crippen molar-refractivity contribution < 1.29 is 22.7 Å². The molecule has 7 nitrogen and oxygen atoms in total. The van der Waals surface area contributed by atoms with Gasteiger partial charge in [-0.2, -0.15) is 23.4 Å². The largest absolute Gasteiger partial charge is 0.436 e. The molecule has 0 bridgehead atoms. The second kappa shape index (κ2) is 6.71. The van der Waals surface area contributed by atoms with Gasteiger partial charge in [0, 0.05) is 13.7 Å². The SMILES string of the molecule is CCOCn1cc(NC(=O)c2c(Br)c(C(F)(F)F)nn2C)cn1. The summed E-state index contributed by atoms with van der Waals surface area (Å²) in [6.45, 7) is 2.54. The Labute approximate surface area is 137 Å². The van der Waals surface area contributed by atoms with E-state index in [-0.39, 0.29) is 12.4 Å². The number of halogens is 4. The van der Waals surface area contributed by atoms with Crippen LogP contribution in [0.3, 0.4) is 0 Å². The normalized spacial score (nSPS) is 11.7. The molecule has 0 fully saturated rings. The molecular weight excluding hydrogens is 383 g/mol. The molecule has 0 atom stereocenters. The number of ether oxygens (including phenoxy) is 1. The van der Waals surface area contributed by atoms with E-state index in [0.717, 1.165) is 4.68 Å². The minimum Gasteiger partial charge on any atom is -0.360 e. The number of rotatable bonds is 5. The number of aryl methyl sites for hydroxylation is 1. The van der Waals surface area contributed by atoms with Crippen molar-refractivity contribution in [2.75, 3.05) is 11.9 Å². The van der Waals surface area contributed by atoms with Crippen molar-refractivity contribution in [3.8, 4) is 0 Å². The molecule has 0 aliphatic rings. The van der Waals surface area contributed by atoms with Crippen LogP contribution >= 0.6 is 15.9 Å². The second-order valence-electron chi connectivity index (χ2n) is 4.48. The summed E-state index contributed by atoms with van der Waals surface area (Å²) in [5.41, 5.74) is -1.07. The van der Waals surface area contributed by atoms with Crippen molar-refractivity contribution in [2.24, 2.45) is 7.05 Å². The maximum atomic E-state index is 12.8. The van der Waals surface area contributed by atoms with E-state index in [0.29, 0.717) is 12.3 Å². The molecule has 0 unspecified atom stereocenters. The first-order valence-corrected chi connectivity index (χ1v) is 7.24. The first kappa shape index (κ1) is 17.5. The average molecular weight is 396 g/mol. The molecule has 2 aromatic rings. The molecule has 0 aromatic carbocycles. The van der Waals surface area contributed by atoms with Crippen molar-refractivity contribution in [3.63, 3.8) is 0 Å². The van der Waals surface area contributed by atoms with Crippen molar-refractivity contribution in [2.45, 2.75) is 19.8 Å². The first-order chi connectivity index (χ1) is 10.7. The van der Waals surface area contributed by atoms with E-state index >= 15 is 0 Å². The number of alkyl halides is 3. The van der Waals surface area contributed by atoms with E-state index in [1.165, 1.54) is 24.1 Å². The molecule has 1 N–H and O–H groups in total. The molecule has 0 aliphatic heterocycles. The number of carbonyl (C=O) groups is 1. The van der Waals surface area contributed by atoms with Crippen LogP contribution in [0.25, 0.3) is 0 Å². The quantitative estimate of drug-likeness (QED) is 0.844. The van der Waals surface area contributed by atoms with Gasteiger partial charge in [-0.25, -0.2) is 4.68 Å². The molecule has 0 aliphatic carbocycles. The summed E-state index contributed by atoms with van der Waals surface area (Å²) in [5, 5.41) is 9.75. The van der Waals surface area contributed by atoms with Crippen molar-refractivity contribution in [1.82, 2.24) is 19.6 Å². The number of amides is 1. The highest BCUT2D eigenvalue weighted by molar-refractivity contribution is 9.10. The Kier molecular flexibility index (Phi) is 5.09. The first-order valence-electron chi connectivity index (χ1n) is 6.45. The van der Waals surface area contributed by atoms with Crippen LogP contribution in [0.4, 0.5) is 18.9 Å². The third-order valence-corrected chi connectivity index (χ3v) is 3.54. The maximum absolute atomic E-state index is 12.8. The number of nitrogens with zero attached hydrogens (tertiary/aromatic N) is 4. The topological polar surface area (TPSA) is 74.0 Å². The molecule has 2 aromatic heterocycles. The summed E-state index contributed by atoms with van der Waals surface area (Å²) in [7, 11) is 1.26. The molecule has 2 heterocycles. The van der Waals surface area contributed by atoms with Crippen molar-refractivity contribution in [1.29, 1.82) is 0 Å². The Bertz CT molecular complexity index is 710. The fourth-order valence-corrected chi connectivity index (χ4v) is 2.54. The predicted molar refractivity (Wildman–Crippen MR) is 77.7 cm³/mol. The second-order valence-corrected chi connectivity index (χ2v) is 5.27. The zero-order valence-corrected chi connectivity index (χ0v) is 13.8. The summed E-state index contributed by atoms with van der Waals surface area (Å²) in [4.78, 5) is 12.2. The standard InChI is InChI=1S/C12H13BrF3N5O2/c1-3-23-6-21-5-7(4-17-21)18-11(22)9-8(13)10(12(14,15)16)19-20(9)2/h4-5H,3,6H2,1-2H3,(H,18,22). The number of aromatic nitrogens is 4. The van der Waals surface area contributed by atoms with Gasteiger partial charge in [-0.3, -0.25) is 9.48 Å². The summed E-state index contributed by atoms with van der Waals surface area (Å²) >= 11 is 2.79. The number of nitrogens with one attached hydrogen (secondary N) is 1. The molecule has 0 spiro atoms. The fourth-order valence-electron chi connectivity index (χ4n) is 1.80. The maximum Gasteiger partial charge on any atom is 0.436 e. The van der Waals surface area contributed by atoms with Gasteiger partial charge >= 0.3 is 6.18 Å². The molecule has 0 saturated heterocycles. The average Bonchev–Trinajstić information content (AvgIpc) is 3.00. The molecule has 11 heteroatoms. The number of carbonyl (C=O) groups excluding carboxylic acids is 1. The van der Waals surface area contributed by atoms with Crippen molar-refractivity contribution in [3.05, 3.63) is 28.3 Å². The number of hydrogen-bond acceptors (Lipinski definition) is 4. The third-order valence-electron chi connectivity index (χ3n) is 2.79. The fraction of sp³-hybridized carbons (Fsp3) is 0.417. The van der Waals surface area contributed by atoms with Crippen LogP contribution in [0.1, 0.15) is 23.1 Å². The zero-order chi connectivity index (χ0) is 17.2. The smallest absolute Gasteiger partial charge is 0.360 e. The summed E-state index contributed by atoms with van der Waals surface area (Å²) in [6, 6.07) is 0. The molecule has 23 heavy (non-hydrogen) atoms. The van der Waals surface area contributed by atoms with E-state index in [1.54, 1.807) is 0 Å². The van der Waals surface area contributed by atoms with Gasteiger partial charge < -0.3 is 10.1 Å². The number of hydrogen-bond donors (Lipinski definition) is 1. The van der Waals surface area contributed by atoms with Crippen LogP contribution in [-0.2, 0) is 24.7 Å².